The average molecular weight is 485 g/mol. The molecule has 1 amide bonds. The quantitative estimate of drug-likeness (QED) is 0.657. The molecule has 1 aliphatic heterocycles. The molecule has 1 aromatic carbocycles. The third-order valence-electron chi connectivity index (χ3n) is 5.12. The third kappa shape index (κ3) is 6.71. The van der Waals surface area contributed by atoms with Gasteiger partial charge in [0, 0.05) is 32.3 Å². The van der Waals surface area contributed by atoms with Crippen molar-refractivity contribution in [1.29, 1.82) is 0 Å². The fourth-order valence-electron chi connectivity index (χ4n) is 3.88. The number of fused-ring (bicyclic) bond motifs is 1. The average Bonchev–Trinajstić information content (AvgIpc) is 3.02. The summed E-state index contributed by atoms with van der Waals surface area (Å²) in [6, 6.07) is 6.25. The first kappa shape index (κ1) is 27.5. The Hall–Kier alpha value is -1.55. The van der Waals surface area contributed by atoms with Crippen LogP contribution in [0.2, 0.25) is 0 Å². The van der Waals surface area contributed by atoms with Crippen molar-refractivity contribution in [2.75, 3.05) is 26.2 Å². The summed E-state index contributed by atoms with van der Waals surface area (Å²) in [5.74, 6) is -0.570. The van der Waals surface area contributed by atoms with Crippen LogP contribution >= 0.6 is 24.8 Å². The van der Waals surface area contributed by atoms with Crippen LogP contribution < -0.4 is 5.32 Å². The van der Waals surface area contributed by atoms with Gasteiger partial charge < -0.3 is 19.9 Å². The highest BCUT2D eigenvalue weighted by Crippen LogP contribution is 2.26. The minimum atomic E-state index is -4.48. The zero-order valence-electron chi connectivity index (χ0n) is 17.4. The molecule has 1 fully saturated rings. The molecule has 2 heterocycles. The van der Waals surface area contributed by atoms with E-state index in [1.54, 1.807) is 29.2 Å². The van der Waals surface area contributed by atoms with Crippen LogP contribution in [0.4, 0.5) is 13.2 Å². The van der Waals surface area contributed by atoms with E-state index in [1.165, 1.54) is 0 Å². The van der Waals surface area contributed by atoms with Crippen molar-refractivity contribution in [3.05, 3.63) is 30.1 Å². The van der Waals surface area contributed by atoms with Crippen molar-refractivity contribution in [2.24, 2.45) is 11.8 Å². The molecule has 6 nitrogen and oxygen atoms in total. The van der Waals surface area contributed by atoms with E-state index in [2.05, 4.69) is 10.3 Å². The van der Waals surface area contributed by atoms with Crippen molar-refractivity contribution in [2.45, 2.75) is 39.0 Å². The Morgan fingerprint density at radius 2 is 1.97 bits per heavy atom. The van der Waals surface area contributed by atoms with Crippen molar-refractivity contribution in [3.63, 3.8) is 0 Å². The van der Waals surface area contributed by atoms with E-state index in [0.29, 0.717) is 31.6 Å². The fourth-order valence-corrected chi connectivity index (χ4v) is 3.88. The zero-order chi connectivity index (χ0) is 21.2. The number of hydrogen-bond donors (Lipinski definition) is 2. The van der Waals surface area contributed by atoms with Gasteiger partial charge in [-0.2, -0.15) is 13.2 Å². The number of imidazole rings is 1. The van der Waals surface area contributed by atoms with Gasteiger partial charge in [-0.1, -0.05) is 26.0 Å². The van der Waals surface area contributed by atoms with Crippen LogP contribution in [-0.4, -0.2) is 63.9 Å². The third-order valence-corrected chi connectivity index (χ3v) is 5.12. The summed E-state index contributed by atoms with van der Waals surface area (Å²) in [4.78, 5) is 19.3. The van der Waals surface area contributed by atoms with Crippen LogP contribution in [-0.2, 0) is 6.54 Å². The van der Waals surface area contributed by atoms with Crippen molar-refractivity contribution in [3.8, 4) is 0 Å². The van der Waals surface area contributed by atoms with Gasteiger partial charge >= 0.3 is 6.18 Å². The molecule has 0 unspecified atom stereocenters. The molecule has 1 aromatic heterocycles. The standard InChI is InChI=1S/C20H27F3N4O2.2ClH/c1-13(2)10-26(15-7-14(11-28)8-24-9-15)19(29)18-25-16-5-3-4-6-17(16)27(18)12-20(21,22)23;;/h3-6,13-15,24,28H,7-12H2,1-2H3;2*1H/t14-,15+;;/m1../s1. The maximum absolute atomic E-state index is 13.4. The van der Waals surface area contributed by atoms with Crippen molar-refractivity contribution < 1.29 is 23.1 Å². The number of para-hydroxylation sites is 2. The summed E-state index contributed by atoms with van der Waals surface area (Å²) in [6.07, 6.45) is -3.88. The fraction of sp³-hybridized carbons (Fsp3) is 0.600. The monoisotopic (exact) mass is 484 g/mol. The summed E-state index contributed by atoms with van der Waals surface area (Å²) in [7, 11) is 0. The molecule has 31 heavy (non-hydrogen) atoms. The van der Waals surface area contributed by atoms with E-state index in [4.69, 9.17) is 0 Å². The Morgan fingerprint density at radius 3 is 2.58 bits per heavy atom. The van der Waals surface area contributed by atoms with Crippen LogP contribution in [0.25, 0.3) is 11.0 Å². The van der Waals surface area contributed by atoms with Crippen LogP contribution in [0, 0.1) is 11.8 Å². The summed E-state index contributed by atoms with van der Waals surface area (Å²) < 4.78 is 40.7. The molecular weight excluding hydrogens is 456 g/mol. The zero-order valence-corrected chi connectivity index (χ0v) is 19.1. The number of hydrogen-bond acceptors (Lipinski definition) is 4. The number of benzene rings is 1. The van der Waals surface area contributed by atoms with Crippen molar-refractivity contribution >= 4 is 41.8 Å². The van der Waals surface area contributed by atoms with E-state index in [1.807, 2.05) is 13.8 Å². The van der Waals surface area contributed by atoms with Crippen LogP contribution in [0.1, 0.15) is 30.9 Å². The summed E-state index contributed by atoms with van der Waals surface area (Å²) in [6.45, 7) is 4.24. The van der Waals surface area contributed by atoms with Crippen LogP contribution in [0.5, 0.6) is 0 Å². The first-order valence-corrected chi connectivity index (χ1v) is 9.84. The predicted molar refractivity (Wildman–Crippen MR) is 118 cm³/mol. The highest BCUT2D eigenvalue weighted by molar-refractivity contribution is 5.95. The molecule has 11 heteroatoms. The lowest BCUT2D eigenvalue weighted by atomic mass is 9.94. The second-order valence-corrected chi connectivity index (χ2v) is 8.07. The molecule has 2 atom stereocenters. The maximum atomic E-state index is 13.4. The number of carbonyl (C=O) groups excluding carboxylic acids is 1. The molecule has 2 aromatic rings. The number of aliphatic hydroxyl groups excluding tert-OH is 1. The smallest absolute Gasteiger partial charge is 0.396 e. The molecule has 0 bridgehead atoms. The number of rotatable bonds is 6. The summed E-state index contributed by atoms with van der Waals surface area (Å²) in [5.41, 5.74) is 0.646. The topological polar surface area (TPSA) is 70.4 Å². The molecule has 0 saturated carbocycles. The number of halogens is 5. The van der Waals surface area contributed by atoms with Crippen LogP contribution in [0.3, 0.4) is 0 Å². The molecule has 2 N–H and O–H groups in total. The number of alkyl halides is 3. The Morgan fingerprint density at radius 1 is 1.29 bits per heavy atom. The SMILES string of the molecule is CC(C)CN(C(=O)c1nc2ccccc2n1CC(F)(F)F)[C@@H]1CNC[C@H](CO)C1.Cl.Cl. The lowest BCUT2D eigenvalue weighted by Gasteiger charge is -2.38. The number of carbonyl (C=O) groups is 1. The highest BCUT2D eigenvalue weighted by Gasteiger charge is 2.36. The predicted octanol–water partition coefficient (Wildman–Crippen LogP) is 3.51. The van der Waals surface area contributed by atoms with Gasteiger partial charge in [0.25, 0.3) is 5.91 Å². The number of nitrogens with zero attached hydrogens (tertiary/aromatic N) is 3. The summed E-state index contributed by atoms with van der Waals surface area (Å²) >= 11 is 0. The van der Waals surface area contributed by atoms with E-state index >= 15 is 0 Å². The molecule has 0 radical (unpaired) electrons. The Balaban J connectivity index is 0.00000240. The lowest BCUT2D eigenvalue weighted by Crippen LogP contribution is -2.53. The van der Waals surface area contributed by atoms with E-state index in [-0.39, 0.29) is 60.6 Å². The molecular formula is C20H29Cl2F3N4O2. The van der Waals surface area contributed by atoms with Gasteiger partial charge in [-0.15, -0.1) is 24.8 Å². The molecule has 1 aliphatic rings. The highest BCUT2D eigenvalue weighted by atomic mass is 35.5. The maximum Gasteiger partial charge on any atom is 0.406 e. The van der Waals surface area contributed by atoms with Gasteiger partial charge in [-0.25, -0.2) is 4.98 Å². The Labute approximate surface area is 192 Å². The van der Waals surface area contributed by atoms with Gasteiger partial charge in [0.1, 0.15) is 6.54 Å². The van der Waals surface area contributed by atoms with Gasteiger partial charge in [0.15, 0.2) is 0 Å². The van der Waals surface area contributed by atoms with Crippen molar-refractivity contribution in [1.82, 2.24) is 19.8 Å². The first-order valence-electron chi connectivity index (χ1n) is 9.84. The largest absolute Gasteiger partial charge is 0.406 e. The van der Waals surface area contributed by atoms with Gasteiger partial charge in [0.2, 0.25) is 5.82 Å². The second-order valence-electron chi connectivity index (χ2n) is 8.07. The molecule has 0 aliphatic carbocycles. The number of aromatic nitrogens is 2. The van der Waals surface area contributed by atoms with Gasteiger partial charge in [-0.05, 0) is 30.4 Å². The van der Waals surface area contributed by atoms with E-state index in [9.17, 15) is 23.1 Å². The summed E-state index contributed by atoms with van der Waals surface area (Å²) in [5, 5.41) is 12.7. The molecule has 3 rings (SSSR count). The van der Waals surface area contributed by atoms with Gasteiger partial charge in [-0.3, -0.25) is 4.79 Å². The number of amides is 1. The van der Waals surface area contributed by atoms with E-state index < -0.39 is 18.6 Å². The normalized spacial score (nSPS) is 19.1. The minimum Gasteiger partial charge on any atom is -0.396 e. The molecule has 0 spiro atoms. The van der Waals surface area contributed by atoms with E-state index in [0.717, 1.165) is 4.57 Å². The first-order chi connectivity index (χ1) is 13.7. The number of nitrogens with one attached hydrogen (secondary N) is 1. The van der Waals surface area contributed by atoms with Gasteiger partial charge in [0.05, 0.1) is 11.0 Å². The lowest BCUT2D eigenvalue weighted by molar-refractivity contribution is -0.140. The minimum absolute atomic E-state index is 0. The molecule has 176 valence electrons. The second kappa shape index (κ2) is 11.4. The van der Waals surface area contributed by atoms with Crippen LogP contribution in [0.15, 0.2) is 24.3 Å². The Kier molecular flexibility index (Phi) is 10.1. The Bertz CT molecular complexity index is 861. The number of piperidine rings is 1. The molecule has 1 saturated heterocycles. The number of aliphatic hydroxyl groups is 1.